The van der Waals surface area contributed by atoms with Crippen molar-refractivity contribution < 1.29 is 33.7 Å². The van der Waals surface area contributed by atoms with Gasteiger partial charge in [-0.1, -0.05) is 54.6 Å². The van der Waals surface area contributed by atoms with Crippen molar-refractivity contribution in [3.8, 4) is 0 Å². The molecule has 0 aliphatic heterocycles. The Morgan fingerprint density at radius 1 is 0.531 bits per heavy atom. The number of hydrogen-bond donors (Lipinski definition) is 1. The molecule has 0 aromatic heterocycles. The lowest BCUT2D eigenvalue weighted by Gasteiger charge is -2.07. The minimum absolute atomic E-state index is 0.153. The van der Waals surface area contributed by atoms with Crippen molar-refractivity contribution in [3.63, 3.8) is 0 Å². The molecule has 0 atom stereocenters. The molecule has 3 aromatic carbocycles. The molecule has 166 valence electrons. The van der Waals surface area contributed by atoms with Gasteiger partial charge in [0.1, 0.15) is 13.2 Å². The van der Waals surface area contributed by atoms with Crippen molar-refractivity contribution in [3.05, 3.63) is 108 Å². The molecule has 0 fully saturated rings. The summed E-state index contributed by atoms with van der Waals surface area (Å²) in [5.41, 5.74) is 1.34. The van der Waals surface area contributed by atoms with Crippen LogP contribution >= 0.6 is 0 Å². The molecule has 0 aliphatic carbocycles. The Hall–Kier alpha value is -3.97. The molecule has 1 N–H and O–H groups in total. The minimum Gasteiger partial charge on any atom is -0.478 e. The quantitative estimate of drug-likeness (QED) is 0.398. The zero-order valence-electron chi connectivity index (χ0n) is 17.4. The van der Waals surface area contributed by atoms with Crippen molar-refractivity contribution >= 4 is 17.9 Å². The largest absolute Gasteiger partial charge is 0.478 e. The van der Waals surface area contributed by atoms with Crippen LogP contribution in [0.3, 0.4) is 0 Å². The summed E-state index contributed by atoms with van der Waals surface area (Å²) in [6.07, 6.45) is 0. The lowest BCUT2D eigenvalue weighted by molar-refractivity contribution is 0.0151. The average Bonchev–Trinajstić information content (AvgIpc) is 2.85. The smallest absolute Gasteiger partial charge is 0.338 e. The van der Waals surface area contributed by atoms with Crippen molar-refractivity contribution in [2.45, 2.75) is 0 Å². The Labute approximate surface area is 186 Å². The number of carbonyl (C=O) groups excluding carboxylic acids is 2. The third-order valence-electron chi connectivity index (χ3n) is 3.96. The Morgan fingerprint density at radius 2 is 0.875 bits per heavy atom. The summed E-state index contributed by atoms with van der Waals surface area (Å²) in [5.74, 6) is -1.65. The van der Waals surface area contributed by atoms with E-state index < -0.39 is 5.97 Å². The first-order valence-electron chi connectivity index (χ1n) is 9.88. The van der Waals surface area contributed by atoms with E-state index in [-0.39, 0.29) is 38.4 Å². The van der Waals surface area contributed by atoms with Crippen LogP contribution in [0.4, 0.5) is 0 Å². The number of benzene rings is 3. The maximum absolute atomic E-state index is 11.6. The van der Waals surface area contributed by atoms with Crippen LogP contribution in [0.2, 0.25) is 0 Å². The molecule has 7 heteroatoms. The minimum atomic E-state index is -0.879. The summed E-state index contributed by atoms with van der Waals surface area (Å²) in [6, 6.07) is 25.8. The predicted octanol–water partition coefficient (Wildman–Crippen LogP) is 4.10. The molecule has 0 amide bonds. The maximum Gasteiger partial charge on any atom is 0.338 e. The number of hydrogen-bond acceptors (Lipinski definition) is 6. The number of aromatic carboxylic acids is 1. The fraction of sp³-hybridized carbons (Fsp3) is 0.160. The highest BCUT2D eigenvalue weighted by Gasteiger charge is 2.06. The molecular formula is C25H24O7. The van der Waals surface area contributed by atoms with E-state index in [0.29, 0.717) is 16.7 Å². The highest BCUT2D eigenvalue weighted by atomic mass is 16.6. The van der Waals surface area contributed by atoms with Crippen LogP contribution in [-0.2, 0) is 14.2 Å². The standard InChI is InChI=1S/C18H18O5.C7H6O2/c19-17(15-7-3-1-4-8-15)22-13-11-21-12-14-23-18(20)16-9-5-2-6-10-16;8-7(9)6-4-2-1-3-5-6/h1-10H,11-14H2;1-5H,(H,8,9). The van der Waals surface area contributed by atoms with Crippen LogP contribution in [0.25, 0.3) is 0 Å². The highest BCUT2D eigenvalue weighted by molar-refractivity contribution is 5.89. The topological polar surface area (TPSA) is 99.1 Å². The molecule has 3 aromatic rings. The zero-order valence-corrected chi connectivity index (χ0v) is 17.4. The summed E-state index contributed by atoms with van der Waals surface area (Å²) < 4.78 is 15.4. The Kier molecular flexibility index (Phi) is 10.7. The maximum atomic E-state index is 11.6. The van der Waals surface area contributed by atoms with Gasteiger partial charge in [-0.05, 0) is 36.4 Å². The van der Waals surface area contributed by atoms with E-state index in [0.717, 1.165) is 0 Å². The second-order valence-corrected chi connectivity index (χ2v) is 6.29. The first-order valence-corrected chi connectivity index (χ1v) is 9.88. The Balaban J connectivity index is 0.000000336. The van der Waals surface area contributed by atoms with Crippen LogP contribution < -0.4 is 0 Å². The van der Waals surface area contributed by atoms with Crippen LogP contribution in [0, 0.1) is 0 Å². The van der Waals surface area contributed by atoms with Gasteiger partial charge in [-0.15, -0.1) is 0 Å². The highest BCUT2D eigenvalue weighted by Crippen LogP contribution is 2.02. The monoisotopic (exact) mass is 436 g/mol. The number of carbonyl (C=O) groups is 3. The second kappa shape index (κ2) is 14.1. The van der Waals surface area contributed by atoms with Crippen molar-refractivity contribution in [2.24, 2.45) is 0 Å². The molecule has 0 spiro atoms. The van der Waals surface area contributed by atoms with Gasteiger partial charge < -0.3 is 19.3 Å². The third kappa shape index (κ3) is 9.23. The molecule has 7 nitrogen and oxygen atoms in total. The lowest BCUT2D eigenvalue weighted by Crippen LogP contribution is -2.14. The van der Waals surface area contributed by atoms with Crippen LogP contribution in [0.5, 0.6) is 0 Å². The molecule has 0 saturated heterocycles. The van der Waals surface area contributed by atoms with Crippen molar-refractivity contribution in [2.75, 3.05) is 26.4 Å². The molecule has 0 saturated carbocycles. The molecule has 0 radical (unpaired) electrons. The molecule has 0 bridgehead atoms. The molecule has 0 aliphatic rings. The molecule has 3 rings (SSSR count). The number of carboxylic acid groups (broad SMARTS) is 1. The van der Waals surface area contributed by atoms with Crippen LogP contribution in [0.1, 0.15) is 31.1 Å². The van der Waals surface area contributed by atoms with Crippen molar-refractivity contribution in [1.82, 2.24) is 0 Å². The Bertz CT molecular complexity index is 902. The van der Waals surface area contributed by atoms with Crippen LogP contribution in [-0.4, -0.2) is 49.4 Å². The van der Waals surface area contributed by atoms with E-state index >= 15 is 0 Å². The first-order chi connectivity index (χ1) is 15.6. The number of rotatable bonds is 9. The summed E-state index contributed by atoms with van der Waals surface area (Å²) >= 11 is 0. The lowest BCUT2D eigenvalue weighted by atomic mass is 10.2. The average molecular weight is 436 g/mol. The molecule has 32 heavy (non-hydrogen) atoms. The predicted molar refractivity (Wildman–Crippen MR) is 118 cm³/mol. The van der Waals surface area contributed by atoms with Gasteiger partial charge in [0.15, 0.2) is 0 Å². The van der Waals surface area contributed by atoms with Gasteiger partial charge in [0.2, 0.25) is 0 Å². The molecule has 0 heterocycles. The van der Waals surface area contributed by atoms with E-state index in [1.54, 1.807) is 78.9 Å². The van der Waals surface area contributed by atoms with Gasteiger partial charge in [-0.3, -0.25) is 0 Å². The normalized spacial score (nSPS) is 9.75. The van der Waals surface area contributed by atoms with Gasteiger partial charge in [0.05, 0.1) is 29.9 Å². The summed E-state index contributed by atoms with van der Waals surface area (Å²) in [5, 5.41) is 8.38. The number of carboxylic acids is 1. The second-order valence-electron chi connectivity index (χ2n) is 6.29. The van der Waals surface area contributed by atoms with Gasteiger partial charge in [0.25, 0.3) is 0 Å². The molecular weight excluding hydrogens is 412 g/mol. The first kappa shape index (κ1) is 24.3. The summed E-state index contributed by atoms with van der Waals surface area (Å²) in [4.78, 5) is 33.5. The van der Waals surface area contributed by atoms with E-state index in [9.17, 15) is 14.4 Å². The van der Waals surface area contributed by atoms with E-state index in [1.807, 2.05) is 12.1 Å². The van der Waals surface area contributed by atoms with Gasteiger partial charge in [0, 0.05) is 0 Å². The van der Waals surface area contributed by atoms with E-state index in [2.05, 4.69) is 0 Å². The van der Waals surface area contributed by atoms with Crippen LogP contribution in [0.15, 0.2) is 91.0 Å². The number of ether oxygens (including phenoxy) is 3. The van der Waals surface area contributed by atoms with E-state index in [4.69, 9.17) is 19.3 Å². The fourth-order valence-electron chi connectivity index (χ4n) is 2.38. The van der Waals surface area contributed by atoms with Gasteiger partial charge in [-0.2, -0.15) is 0 Å². The van der Waals surface area contributed by atoms with E-state index in [1.165, 1.54) is 0 Å². The SMILES string of the molecule is O=C(O)c1ccccc1.O=C(OCCOCCOC(=O)c1ccccc1)c1ccccc1. The third-order valence-corrected chi connectivity index (χ3v) is 3.96. The van der Waals surface area contributed by atoms with Crippen molar-refractivity contribution in [1.29, 1.82) is 0 Å². The fourth-order valence-corrected chi connectivity index (χ4v) is 2.38. The Morgan fingerprint density at radius 3 is 1.19 bits per heavy atom. The van der Waals surface area contributed by atoms with Gasteiger partial charge in [-0.25, -0.2) is 14.4 Å². The van der Waals surface area contributed by atoms with Gasteiger partial charge >= 0.3 is 17.9 Å². The number of esters is 2. The summed E-state index contributed by atoms with van der Waals surface area (Å²) in [6.45, 7) is 0.809. The molecule has 0 unspecified atom stereocenters. The zero-order chi connectivity index (χ0) is 23.0. The summed E-state index contributed by atoms with van der Waals surface area (Å²) in [7, 11) is 0.